The first-order valence-electron chi connectivity index (χ1n) is 5.51. The predicted molar refractivity (Wildman–Crippen MR) is 71.1 cm³/mol. The Morgan fingerprint density at radius 1 is 1.47 bits per heavy atom. The van der Waals surface area contributed by atoms with E-state index in [-0.39, 0.29) is 17.0 Å². The van der Waals surface area contributed by atoms with Gasteiger partial charge in [-0.3, -0.25) is 19.9 Å². The standard InChI is InChI=1S/C12H11N3O3S/c1-8(9-2-4-13-5-3-9)14-12(16)10-6-11(15(17)18)19-7-10/h2-8H,1H3,(H,14,16)/t8-/m1/s1. The van der Waals surface area contributed by atoms with Gasteiger partial charge in [0.2, 0.25) is 0 Å². The van der Waals surface area contributed by atoms with Gasteiger partial charge >= 0.3 is 5.00 Å². The highest BCUT2D eigenvalue weighted by Crippen LogP contribution is 2.23. The lowest BCUT2D eigenvalue weighted by Crippen LogP contribution is -2.26. The monoisotopic (exact) mass is 277 g/mol. The largest absolute Gasteiger partial charge is 0.345 e. The summed E-state index contributed by atoms with van der Waals surface area (Å²) in [6.07, 6.45) is 3.29. The maximum atomic E-state index is 11.9. The summed E-state index contributed by atoms with van der Waals surface area (Å²) in [6.45, 7) is 1.84. The molecule has 0 spiro atoms. The first kappa shape index (κ1) is 13.2. The molecule has 0 unspecified atom stereocenters. The minimum atomic E-state index is -0.506. The zero-order chi connectivity index (χ0) is 13.8. The van der Waals surface area contributed by atoms with Crippen LogP contribution in [-0.2, 0) is 0 Å². The predicted octanol–water partition coefficient (Wildman–Crippen LogP) is 2.54. The van der Waals surface area contributed by atoms with Crippen molar-refractivity contribution >= 4 is 22.2 Å². The van der Waals surface area contributed by atoms with Crippen molar-refractivity contribution in [3.8, 4) is 0 Å². The fraction of sp³-hybridized carbons (Fsp3) is 0.167. The molecular formula is C12H11N3O3S. The molecular weight excluding hydrogens is 266 g/mol. The molecule has 2 aromatic rings. The molecule has 0 saturated heterocycles. The van der Waals surface area contributed by atoms with Crippen LogP contribution in [0.2, 0.25) is 0 Å². The summed E-state index contributed by atoms with van der Waals surface area (Å²) >= 11 is 0.939. The quantitative estimate of drug-likeness (QED) is 0.687. The number of carbonyl (C=O) groups is 1. The van der Waals surface area contributed by atoms with Crippen molar-refractivity contribution < 1.29 is 9.72 Å². The van der Waals surface area contributed by atoms with Crippen molar-refractivity contribution in [3.05, 3.63) is 57.2 Å². The summed E-state index contributed by atoms with van der Waals surface area (Å²) in [6, 6.07) is 4.70. The Bertz CT molecular complexity index is 597. The summed E-state index contributed by atoms with van der Waals surface area (Å²) < 4.78 is 0. The molecule has 1 atom stereocenters. The van der Waals surface area contributed by atoms with Crippen LogP contribution >= 0.6 is 11.3 Å². The number of hydrogen-bond donors (Lipinski definition) is 1. The van der Waals surface area contributed by atoms with Gasteiger partial charge in [-0.15, -0.1) is 0 Å². The van der Waals surface area contributed by atoms with Crippen LogP contribution in [0, 0.1) is 10.1 Å². The van der Waals surface area contributed by atoms with Crippen LogP contribution in [0.25, 0.3) is 0 Å². The molecule has 0 bridgehead atoms. The van der Waals surface area contributed by atoms with Crippen LogP contribution in [0.1, 0.15) is 28.9 Å². The van der Waals surface area contributed by atoms with E-state index in [4.69, 9.17) is 0 Å². The van der Waals surface area contributed by atoms with Crippen LogP contribution in [0.5, 0.6) is 0 Å². The Hall–Kier alpha value is -2.28. The lowest BCUT2D eigenvalue weighted by atomic mass is 10.1. The summed E-state index contributed by atoms with van der Waals surface area (Å²) in [5, 5.41) is 14.8. The van der Waals surface area contributed by atoms with Gasteiger partial charge in [-0.1, -0.05) is 11.3 Å². The molecule has 0 saturated carbocycles. The minimum absolute atomic E-state index is 0.0401. The lowest BCUT2D eigenvalue weighted by Gasteiger charge is -2.13. The first-order valence-corrected chi connectivity index (χ1v) is 6.39. The van der Waals surface area contributed by atoms with Gasteiger partial charge in [0.15, 0.2) is 0 Å². The fourth-order valence-corrected chi connectivity index (χ4v) is 2.26. The SMILES string of the molecule is C[C@@H](NC(=O)c1csc([N+](=O)[O-])c1)c1ccncc1. The smallest absolute Gasteiger partial charge is 0.324 e. The van der Waals surface area contributed by atoms with E-state index in [1.165, 1.54) is 11.4 Å². The van der Waals surface area contributed by atoms with Gasteiger partial charge in [-0.2, -0.15) is 0 Å². The Morgan fingerprint density at radius 3 is 2.74 bits per heavy atom. The molecule has 0 aliphatic carbocycles. The fourth-order valence-electron chi connectivity index (χ4n) is 1.56. The summed E-state index contributed by atoms with van der Waals surface area (Å²) in [7, 11) is 0. The summed E-state index contributed by atoms with van der Waals surface area (Å²) in [5.74, 6) is -0.325. The van der Waals surface area contributed by atoms with Gasteiger partial charge in [0.25, 0.3) is 5.91 Å². The number of hydrogen-bond acceptors (Lipinski definition) is 5. The Morgan fingerprint density at radius 2 is 2.16 bits per heavy atom. The maximum Gasteiger partial charge on any atom is 0.324 e. The highest BCUT2D eigenvalue weighted by molar-refractivity contribution is 7.13. The molecule has 0 aliphatic rings. The van der Waals surface area contributed by atoms with Gasteiger partial charge in [0.1, 0.15) is 0 Å². The molecule has 0 fully saturated rings. The van der Waals surface area contributed by atoms with Crippen LogP contribution in [-0.4, -0.2) is 15.8 Å². The van der Waals surface area contributed by atoms with E-state index in [9.17, 15) is 14.9 Å². The van der Waals surface area contributed by atoms with Crippen LogP contribution < -0.4 is 5.32 Å². The molecule has 2 heterocycles. The second kappa shape index (κ2) is 5.57. The van der Waals surface area contributed by atoms with E-state index in [2.05, 4.69) is 10.3 Å². The minimum Gasteiger partial charge on any atom is -0.345 e. The topological polar surface area (TPSA) is 85.1 Å². The third-order valence-electron chi connectivity index (χ3n) is 2.58. The Balaban J connectivity index is 2.06. The number of nitro groups is 1. The van der Waals surface area contributed by atoms with Crippen molar-refractivity contribution in [2.45, 2.75) is 13.0 Å². The molecule has 6 nitrogen and oxygen atoms in total. The molecule has 1 amide bonds. The lowest BCUT2D eigenvalue weighted by molar-refractivity contribution is -0.380. The number of nitrogens with zero attached hydrogens (tertiary/aromatic N) is 2. The van der Waals surface area contributed by atoms with E-state index >= 15 is 0 Å². The molecule has 19 heavy (non-hydrogen) atoms. The van der Waals surface area contributed by atoms with E-state index < -0.39 is 4.92 Å². The normalized spacial score (nSPS) is 11.8. The number of amides is 1. The average Bonchev–Trinajstić information content (AvgIpc) is 2.89. The summed E-state index contributed by atoms with van der Waals surface area (Å²) in [4.78, 5) is 25.9. The van der Waals surface area contributed by atoms with E-state index in [1.807, 2.05) is 6.92 Å². The summed E-state index contributed by atoms with van der Waals surface area (Å²) in [5.41, 5.74) is 1.23. The molecule has 2 rings (SSSR count). The van der Waals surface area contributed by atoms with Gasteiger partial charge in [0, 0.05) is 23.8 Å². The molecule has 0 aliphatic heterocycles. The molecule has 2 aromatic heterocycles. The van der Waals surface area contributed by atoms with Gasteiger partial charge in [-0.05, 0) is 24.6 Å². The molecule has 0 radical (unpaired) electrons. The first-order chi connectivity index (χ1) is 9.08. The number of pyridine rings is 1. The Kier molecular flexibility index (Phi) is 3.86. The molecule has 98 valence electrons. The van der Waals surface area contributed by atoms with E-state index in [1.54, 1.807) is 24.5 Å². The van der Waals surface area contributed by atoms with Crippen LogP contribution in [0.3, 0.4) is 0 Å². The van der Waals surface area contributed by atoms with Gasteiger partial charge in [0.05, 0.1) is 16.5 Å². The van der Waals surface area contributed by atoms with Crippen molar-refractivity contribution in [1.82, 2.24) is 10.3 Å². The zero-order valence-electron chi connectivity index (χ0n) is 10.1. The zero-order valence-corrected chi connectivity index (χ0v) is 10.9. The molecule has 1 N–H and O–H groups in total. The van der Waals surface area contributed by atoms with Gasteiger partial charge in [-0.25, -0.2) is 0 Å². The van der Waals surface area contributed by atoms with Crippen molar-refractivity contribution in [1.29, 1.82) is 0 Å². The third-order valence-corrected chi connectivity index (χ3v) is 3.46. The number of rotatable bonds is 4. The third kappa shape index (κ3) is 3.14. The van der Waals surface area contributed by atoms with Crippen LogP contribution in [0.4, 0.5) is 5.00 Å². The maximum absolute atomic E-state index is 11.9. The molecule has 7 heteroatoms. The van der Waals surface area contributed by atoms with Gasteiger partial charge < -0.3 is 5.32 Å². The van der Waals surface area contributed by atoms with Crippen molar-refractivity contribution in [2.24, 2.45) is 0 Å². The number of thiophene rings is 1. The van der Waals surface area contributed by atoms with E-state index in [0.29, 0.717) is 5.56 Å². The Labute approximate surface area is 113 Å². The second-order valence-corrected chi connectivity index (χ2v) is 4.80. The van der Waals surface area contributed by atoms with Crippen molar-refractivity contribution in [2.75, 3.05) is 0 Å². The van der Waals surface area contributed by atoms with Crippen LogP contribution in [0.15, 0.2) is 36.0 Å². The highest BCUT2D eigenvalue weighted by Gasteiger charge is 2.16. The molecule has 0 aromatic carbocycles. The second-order valence-electron chi connectivity index (χ2n) is 3.91. The number of nitrogens with one attached hydrogen (secondary N) is 1. The average molecular weight is 277 g/mol. The number of aromatic nitrogens is 1. The van der Waals surface area contributed by atoms with Crippen molar-refractivity contribution in [3.63, 3.8) is 0 Å². The number of carbonyl (C=O) groups excluding carboxylic acids is 1. The highest BCUT2D eigenvalue weighted by atomic mass is 32.1. The van der Waals surface area contributed by atoms with E-state index in [0.717, 1.165) is 16.9 Å².